The first kappa shape index (κ1) is 29.0. The van der Waals surface area contributed by atoms with Gasteiger partial charge >= 0.3 is 0 Å². The highest BCUT2D eigenvalue weighted by molar-refractivity contribution is 7.92. The zero-order valence-corrected chi connectivity index (χ0v) is 23.6. The lowest BCUT2D eigenvalue weighted by Crippen LogP contribution is -2.50. The summed E-state index contributed by atoms with van der Waals surface area (Å²) in [5.74, 6) is -0.251. The van der Waals surface area contributed by atoms with Crippen molar-refractivity contribution in [2.75, 3.05) is 25.0 Å². The minimum atomic E-state index is -4.15. The van der Waals surface area contributed by atoms with E-state index in [1.165, 1.54) is 36.2 Å². The largest absolute Gasteiger partial charge is 0.497 e. The fourth-order valence-electron chi connectivity index (χ4n) is 3.86. The van der Waals surface area contributed by atoms with Gasteiger partial charge in [0.15, 0.2) is 0 Å². The molecule has 8 nitrogen and oxygen atoms in total. The molecule has 10 heteroatoms. The van der Waals surface area contributed by atoms with Crippen LogP contribution in [-0.2, 0) is 26.2 Å². The van der Waals surface area contributed by atoms with Gasteiger partial charge in [0.25, 0.3) is 10.0 Å². The van der Waals surface area contributed by atoms with Gasteiger partial charge in [-0.1, -0.05) is 29.8 Å². The Hall–Kier alpha value is -3.56. The van der Waals surface area contributed by atoms with Crippen LogP contribution in [0.4, 0.5) is 5.69 Å². The van der Waals surface area contributed by atoms with E-state index < -0.39 is 28.5 Å². The molecule has 3 aromatic carbocycles. The van der Waals surface area contributed by atoms with Crippen LogP contribution in [-0.4, -0.2) is 51.9 Å². The third-order valence-electron chi connectivity index (χ3n) is 6.38. The molecule has 0 heterocycles. The number of nitrogens with zero attached hydrogens (tertiary/aromatic N) is 2. The Labute approximate surface area is 229 Å². The van der Waals surface area contributed by atoms with E-state index in [4.69, 9.17) is 16.3 Å². The molecule has 1 atom stereocenters. The van der Waals surface area contributed by atoms with Crippen LogP contribution >= 0.6 is 11.6 Å². The number of halogens is 1. The predicted octanol–water partition coefficient (Wildman–Crippen LogP) is 4.32. The van der Waals surface area contributed by atoms with Crippen molar-refractivity contribution in [3.63, 3.8) is 0 Å². The first-order valence-electron chi connectivity index (χ1n) is 12.0. The number of anilines is 1. The molecule has 1 N–H and O–H groups in total. The number of carbonyl (C=O) groups is 2. The van der Waals surface area contributed by atoms with Crippen LogP contribution in [0.5, 0.6) is 5.75 Å². The number of likely N-dealkylation sites (N-methyl/N-ethyl adjacent to an activating group) is 1. The van der Waals surface area contributed by atoms with Gasteiger partial charge in [-0.2, -0.15) is 0 Å². The molecule has 0 aliphatic heterocycles. The molecule has 3 aromatic rings. The Kier molecular flexibility index (Phi) is 9.40. The van der Waals surface area contributed by atoms with Crippen LogP contribution in [0.2, 0.25) is 5.02 Å². The topological polar surface area (TPSA) is 96.0 Å². The third-order valence-corrected chi connectivity index (χ3v) is 8.42. The van der Waals surface area contributed by atoms with Crippen molar-refractivity contribution in [3.05, 3.63) is 88.4 Å². The number of hydrogen-bond donors (Lipinski definition) is 1. The van der Waals surface area contributed by atoms with Crippen molar-refractivity contribution in [2.45, 2.75) is 38.3 Å². The summed E-state index contributed by atoms with van der Waals surface area (Å²) in [6, 6.07) is 17.2. The summed E-state index contributed by atoms with van der Waals surface area (Å²) in [4.78, 5) is 27.7. The number of rotatable bonds is 10. The summed E-state index contributed by atoms with van der Waals surface area (Å²) in [6.07, 6.45) is 0. The first-order valence-corrected chi connectivity index (χ1v) is 13.8. The molecule has 3 rings (SSSR count). The maximum atomic E-state index is 13.8. The Balaban J connectivity index is 2.04. The molecular weight excluding hydrogens is 526 g/mol. The summed E-state index contributed by atoms with van der Waals surface area (Å²) < 4.78 is 33.9. The first-order chi connectivity index (χ1) is 18.0. The molecule has 0 radical (unpaired) electrons. The fourth-order valence-corrected chi connectivity index (χ4v) is 5.39. The molecule has 2 amide bonds. The highest BCUT2D eigenvalue weighted by Gasteiger charge is 2.32. The van der Waals surface area contributed by atoms with E-state index in [2.05, 4.69) is 5.32 Å². The molecule has 0 bridgehead atoms. The van der Waals surface area contributed by atoms with Gasteiger partial charge in [-0.05, 0) is 86.0 Å². The SMILES string of the molecule is CNC(=O)[C@H](C)N(Cc1ccc(OC)cc1)C(=O)CN(c1ccc(C)c(C)c1)S(=O)(=O)c1ccc(Cl)cc1. The number of ether oxygens (including phenoxy) is 1. The molecule has 0 fully saturated rings. The normalized spacial score (nSPS) is 11.9. The fraction of sp³-hybridized carbons (Fsp3) is 0.286. The van der Waals surface area contributed by atoms with Crippen LogP contribution in [0.25, 0.3) is 0 Å². The number of aryl methyl sites for hydroxylation is 2. The molecule has 0 unspecified atom stereocenters. The van der Waals surface area contributed by atoms with Crippen molar-refractivity contribution in [1.82, 2.24) is 10.2 Å². The minimum Gasteiger partial charge on any atom is -0.497 e. The number of amides is 2. The Bertz CT molecular complexity index is 1390. The standard InChI is InChI=1S/C28H32ClN3O5S/c1-19-6-11-24(16-20(19)2)32(38(35,36)26-14-9-23(29)10-15-26)18-27(33)31(21(3)28(34)30-4)17-22-7-12-25(37-5)13-8-22/h6-16,21H,17-18H2,1-5H3,(H,30,34)/t21-/m0/s1. The van der Waals surface area contributed by atoms with Crippen molar-refractivity contribution in [1.29, 1.82) is 0 Å². The quantitative estimate of drug-likeness (QED) is 0.400. The average Bonchev–Trinajstić information content (AvgIpc) is 2.91. The van der Waals surface area contributed by atoms with Gasteiger partial charge in [0.2, 0.25) is 11.8 Å². The van der Waals surface area contributed by atoms with Crippen molar-refractivity contribution in [3.8, 4) is 5.75 Å². The van der Waals surface area contributed by atoms with Gasteiger partial charge in [0.05, 0.1) is 17.7 Å². The number of hydrogen-bond acceptors (Lipinski definition) is 5. The van der Waals surface area contributed by atoms with Crippen molar-refractivity contribution >= 4 is 39.1 Å². The number of carbonyl (C=O) groups excluding carboxylic acids is 2. The molecule has 0 aromatic heterocycles. The monoisotopic (exact) mass is 557 g/mol. The second-order valence-electron chi connectivity index (χ2n) is 8.89. The Morgan fingerprint density at radius 1 is 0.974 bits per heavy atom. The van der Waals surface area contributed by atoms with E-state index in [1.54, 1.807) is 50.4 Å². The Morgan fingerprint density at radius 3 is 2.16 bits per heavy atom. The van der Waals surface area contributed by atoms with Crippen LogP contribution in [0.1, 0.15) is 23.6 Å². The predicted molar refractivity (Wildman–Crippen MR) is 149 cm³/mol. The van der Waals surface area contributed by atoms with E-state index in [0.29, 0.717) is 16.5 Å². The molecule has 38 heavy (non-hydrogen) atoms. The zero-order chi connectivity index (χ0) is 28.0. The van der Waals surface area contributed by atoms with Crippen molar-refractivity contribution < 1.29 is 22.7 Å². The zero-order valence-electron chi connectivity index (χ0n) is 22.1. The number of sulfonamides is 1. The smallest absolute Gasteiger partial charge is 0.264 e. The third kappa shape index (κ3) is 6.65. The van der Waals surface area contributed by atoms with Gasteiger partial charge in [0, 0.05) is 18.6 Å². The Morgan fingerprint density at radius 2 is 1.61 bits per heavy atom. The van der Waals surface area contributed by atoms with Crippen LogP contribution in [0.3, 0.4) is 0 Å². The van der Waals surface area contributed by atoms with Crippen LogP contribution < -0.4 is 14.4 Å². The highest BCUT2D eigenvalue weighted by atomic mass is 35.5. The van der Waals surface area contributed by atoms with Gasteiger partial charge < -0.3 is 15.0 Å². The summed E-state index contributed by atoms with van der Waals surface area (Å²) in [5, 5.41) is 2.96. The maximum Gasteiger partial charge on any atom is 0.264 e. The van der Waals surface area contributed by atoms with E-state index in [0.717, 1.165) is 21.0 Å². The average molecular weight is 558 g/mol. The van der Waals surface area contributed by atoms with E-state index >= 15 is 0 Å². The summed E-state index contributed by atoms with van der Waals surface area (Å²) in [7, 11) is -1.11. The van der Waals surface area contributed by atoms with E-state index in [9.17, 15) is 18.0 Å². The van der Waals surface area contributed by atoms with Gasteiger partial charge in [0.1, 0.15) is 18.3 Å². The van der Waals surface area contributed by atoms with Gasteiger partial charge in [-0.15, -0.1) is 0 Å². The van der Waals surface area contributed by atoms with Gasteiger partial charge in [-0.25, -0.2) is 8.42 Å². The highest BCUT2D eigenvalue weighted by Crippen LogP contribution is 2.27. The minimum absolute atomic E-state index is 0.00557. The second-order valence-corrected chi connectivity index (χ2v) is 11.2. The lowest BCUT2D eigenvalue weighted by atomic mass is 10.1. The molecule has 0 spiro atoms. The lowest BCUT2D eigenvalue weighted by molar-refractivity contribution is -0.139. The summed E-state index contributed by atoms with van der Waals surface area (Å²) >= 11 is 5.98. The van der Waals surface area contributed by atoms with Crippen molar-refractivity contribution in [2.24, 2.45) is 0 Å². The molecule has 0 saturated heterocycles. The molecule has 0 saturated carbocycles. The number of benzene rings is 3. The number of nitrogens with one attached hydrogen (secondary N) is 1. The summed E-state index contributed by atoms with van der Waals surface area (Å²) in [6.45, 7) is 4.99. The van der Waals surface area contributed by atoms with E-state index in [-0.39, 0.29) is 17.3 Å². The number of methoxy groups -OCH3 is 1. The molecule has 0 aliphatic rings. The van der Waals surface area contributed by atoms with Crippen LogP contribution in [0.15, 0.2) is 71.6 Å². The molecule has 202 valence electrons. The van der Waals surface area contributed by atoms with Crippen LogP contribution in [0, 0.1) is 13.8 Å². The maximum absolute atomic E-state index is 13.8. The van der Waals surface area contributed by atoms with E-state index in [1.807, 2.05) is 19.9 Å². The second kappa shape index (κ2) is 12.3. The lowest BCUT2D eigenvalue weighted by Gasteiger charge is -2.32. The van der Waals surface area contributed by atoms with Gasteiger partial charge in [-0.3, -0.25) is 13.9 Å². The molecule has 0 aliphatic carbocycles. The molecular formula is C28H32ClN3O5S. The summed E-state index contributed by atoms with van der Waals surface area (Å²) in [5.41, 5.74) is 2.96.